The maximum atomic E-state index is 11.1. The highest BCUT2D eigenvalue weighted by Crippen LogP contribution is 2.63. The Morgan fingerprint density at radius 2 is 1.45 bits per heavy atom. The summed E-state index contributed by atoms with van der Waals surface area (Å²) in [4.78, 5) is 11.1. The number of ether oxygens (including phenoxy) is 4. The number of methoxy groups -OCH3 is 1. The lowest BCUT2D eigenvalue weighted by molar-refractivity contribution is -0.142. The third kappa shape index (κ3) is 4.52. The molecule has 0 bridgehead atoms. The fraction of sp³-hybridized carbons (Fsp3) is 0.303. The zero-order chi connectivity index (χ0) is 26.6. The minimum Gasteiger partial charge on any atom is -0.491 e. The fourth-order valence-electron chi connectivity index (χ4n) is 5.98. The second kappa shape index (κ2) is 10.9. The normalized spacial score (nSPS) is 18.8. The lowest BCUT2D eigenvalue weighted by atomic mass is 9.54. The zero-order valence-corrected chi connectivity index (χ0v) is 22.2. The van der Waals surface area contributed by atoms with Gasteiger partial charge in [0.1, 0.15) is 31.3 Å². The molecule has 0 N–H and O–H groups in total. The van der Waals surface area contributed by atoms with E-state index in [9.17, 15) is 4.79 Å². The maximum absolute atomic E-state index is 11.1. The van der Waals surface area contributed by atoms with Crippen LogP contribution in [0.1, 0.15) is 37.0 Å². The van der Waals surface area contributed by atoms with Crippen LogP contribution in [0.25, 0.3) is 11.1 Å². The molecule has 2 aliphatic carbocycles. The Morgan fingerprint density at radius 3 is 2.03 bits per heavy atom. The molecule has 0 radical (unpaired) electrons. The van der Waals surface area contributed by atoms with E-state index in [2.05, 4.69) is 97.9 Å². The van der Waals surface area contributed by atoms with Crippen molar-refractivity contribution in [2.75, 3.05) is 33.5 Å². The summed E-state index contributed by atoms with van der Waals surface area (Å²) in [5.41, 5.74) is 5.66. The van der Waals surface area contributed by atoms with Crippen LogP contribution in [0.4, 0.5) is 0 Å². The molecule has 0 amide bonds. The molecular formula is C33H34O5. The fourth-order valence-corrected chi connectivity index (χ4v) is 5.98. The van der Waals surface area contributed by atoms with E-state index in [1.807, 2.05) is 0 Å². The van der Waals surface area contributed by atoms with E-state index in [0.717, 1.165) is 17.9 Å². The Morgan fingerprint density at radius 1 is 0.816 bits per heavy atom. The summed E-state index contributed by atoms with van der Waals surface area (Å²) in [6.07, 6.45) is 7.28. The van der Waals surface area contributed by atoms with E-state index in [0.29, 0.717) is 19.8 Å². The lowest BCUT2D eigenvalue weighted by Crippen LogP contribution is -2.44. The Hall–Kier alpha value is -3.83. The van der Waals surface area contributed by atoms with Gasteiger partial charge >= 0.3 is 5.97 Å². The second-order valence-electron chi connectivity index (χ2n) is 9.96. The van der Waals surface area contributed by atoms with Crippen molar-refractivity contribution in [3.63, 3.8) is 0 Å². The van der Waals surface area contributed by atoms with Gasteiger partial charge in [0.15, 0.2) is 0 Å². The highest BCUT2D eigenvalue weighted by atomic mass is 16.6. The van der Waals surface area contributed by atoms with Crippen molar-refractivity contribution in [1.29, 1.82) is 0 Å². The van der Waals surface area contributed by atoms with E-state index in [1.165, 1.54) is 34.7 Å². The van der Waals surface area contributed by atoms with Crippen molar-refractivity contribution >= 4 is 5.97 Å². The van der Waals surface area contributed by atoms with Gasteiger partial charge in [0, 0.05) is 19.4 Å². The van der Waals surface area contributed by atoms with Crippen LogP contribution < -0.4 is 4.74 Å². The third-order valence-electron chi connectivity index (χ3n) is 7.65. The smallest absolute Gasteiger partial charge is 0.302 e. The van der Waals surface area contributed by atoms with Gasteiger partial charge in [0.25, 0.3) is 0 Å². The first-order valence-electron chi connectivity index (χ1n) is 13.1. The van der Waals surface area contributed by atoms with Crippen LogP contribution in [0.5, 0.6) is 5.75 Å². The summed E-state index contributed by atoms with van der Waals surface area (Å²) in [7, 11) is 1.68. The second-order valence-corrected chi connectivity index (χ2v) is 9.96. The van der Waals surface area contributed by atoms with Crippen LogP contribution in [0.3, 0.4) is 0 Å². The molecule has 1 atom stereocenters. The van der Waals surface area contributed by atoms with Crippen molar-refractivity contribution in [3.05, 3.63) is 113 Å². The van der Waals surface area contributed by atoms with Crippen LogP contribution in [-0.4, -0.2) is 39.5 Å². The molecular weight excluding hydrogens is 476 g/mol. The van der Waals surface area contributed by atoms with Crippen LogP contribution in [0.2, 0.25) is 0 Å². The molecule has 196 valence electrons. The Balaban J connectivity index is 1.56. The monoisotopic (exact) mass is 510 g/mol. The van der Waals surface area contributed by atoms with Crippen molar-refractivity contribution in [2.45, 2.75) is 25.7 Å². The summed E-state index contributed by atoms with van der Waals surface area (Å²) in [5, 5.41) is 0. The number of hydrogen-bond donors (Lipinski definition) is 0. The summed E-state index contributed by atoms with van der Waals surface area (Å²) in [5.74, 6) is 1.32. The molecule has 0 saturated carbocycles. The van der Waals surface area contributed by atoms with Gasteiger partial charge in [-0.15, -0.1) is 0 Å². The van der Waals surface area contributed by atoms with Gasteiger partial charge in [-0.3, -0.25) is 4.79 Å². The van der Waals surface area contributed by atoms with Crippen LogP contribution >= 0.6 is 0 Å². The number of hydrogen-bond acceptors (Lipinski definition) is 5. The number of carbonyl (C=O) groups is 1. The predicted octanol–water partition coefficient (Wildman–Crippen LogP) is 6.46. The first-order chi connectivity index (χ1) is 18.5. The molecule has 5 heteroatoms. The first-order valence-corrected chi connectivity index (χ1v) is 13.1. The highest BCUT2D eigenvalue weighted by Gasteiger charge is 2.55. The summed E-state index contributed by atoms with van der Waals surface area (Å²) in [6, 6.07) is 26.0. The minimum atomic E-state index is -0.415. The Bertz CT molecular complexity index is 1310. The quantitative estimate of drug-likeness (QED) is 0.232. The molecule has 3 aromatic rings. The lowest BCUT2D eigenvalue weighted by Gasteiger charge is -2.48. The number of allylic oxidation sites excluding steroid dienone is 3. The van der Waals surface area contributed by atoms with E-state index in [-0.39, 0.29) is 18.0 Å². The van der Waals surface area contributed by atoms with Gasteiger partial charge in [0.05, 0.1) is 12.0 Å². The van der Waals surface area contributed by atoms with Crippen LogP contribution in [0.15, 0.2) is 96.8 Å². The number of esters is 1. The van der Waals surface area contributed by atoms with Crippen LogP contribution in [0, 0.1) is 5.41 Å². The maximum Gasteiger partial charge on any atom is 0.302 e. The summed E-state index contributed by atoms with van der Waals surface area (Å²) >= 11 is 0. The van der Waals surface area contributed by atoms with Crippen molar-refractivity contribution in [1.82, 2.24) is 0 Å². The molecule has 3 aromatic carbocycles. The number of carbonyl (C=O) groups excluding carboxylic acids is 1. The van der Waals surface area contributed by atoms with E-state index in [1.54, 1.807) is 7.11 Å². The first kappa shape index (κ1) is 25.8. The van der Waals surface area contributed by atoms with E-state index < -0.39 is 5.41 Å². The third-order valence-corrected chi connectivity index (χ3v) is 7.65. The molecule has 5 nitrogen and oxygen atoms in total. The molecule has 0 aliphatic heterocycles. The van der Waals surface area contributed by atoms with Crippen LogP contribution in [-0.2, 0) is 24.4 Å². The molecule has 0 saturated heterocycles. The molecule has 38 heavy (non-hydrogen) atoms. The van der Waals surface area contributed by atoms with Crippen molar-refractivity contribution < 1.29 is 23.7 Å². The molecule has 5 rings (SSSR count). The molecule has 0 spiro atoms. The van der Waals surface area contributed by atoms with Gasteiger partial charge in [-0.25, -0.2) is 0 Å². The average molecular weight is 511 g/mol. The van der Waals surface area contributed by atoms with E-state index >= 15 is 0 Å². The van der Waals surface area contributed by atoms with Gasteiger partial charge in [-0.05, 0) is 58.5 Å². The van der Waals surface area contributed by atoms with Gasteiger partial charge in [-0.2, -0.15) is 0 Å². The number of rotatable bonds is 10. The summed E-state index contributed by atoms with van der Waals surface area (Å²) < 4.78 is 21.9. The Kier molecular flexibility index (Phi) is 7.39. The standard InChI is InChI=1S/C33H34O5/c1-24(34)36-22-23-38-27-16-18-32(2,19-17-27)33(25-12-14-26(15-13-25)37-21-20-35-3)30-10-6-4-8-28(30)29-9-5-7-11-31(29)33/h4-18H,19-23H2,1-3H3. The average Bonchev–Trinajstić information content (AvgIpc) is 3.24. The van der Waals surface area contributed by atoms with Crippen molar-refractivity contribution in [3.8, 4) is 16.9 Å². The topological polar surface area (TPSA) is 54.0 Å². The molecule has 0 heterocycles. The molecule has 0 fully saturated rings. The van der Waals surface area contributed by atoms with Gasteiger partial charge in [-0.1, -0.05) is 73.7 Å². The zero-order valence-electron chi connectivity index (χ0n) is 22.2. The SMILES string of the molecule is COCCOc1ccc(C2(C3(C)C=CC(OCCOC(C)=O)=CC3)c3ccccc3-c3ccccc32)cc1. The molecule has 2 aliphatic rings. The van der Waals surface area contributed by atoms with Crippen molar-refractivity contribution in [2.24, 2.45) is 5.41 Å². The Labute approximate surface area is 224 Å². The number of fused-ring (bicyclic) bond motifs is 3. The number of benzene rings is 3. The molecule has 0 aromatic heterocycles. The summed E-state index contributed by atoms with van der Waals surface area (Å²) in [6.45, 7) is 5.36. The van der Waals surface area contributed by atoms with Gasteiger partial charge < -0.3 is 18.9 Å². The minimum absolute atomic E-state index is 0.237. The molecule has 1 unspecified atom stereocenters. The largest absolute Gasteiger partial charge is 0.491 e. The van der Waals surface area contributed by atoms with E-state index in [4.69, 9.17) is 18.9 Å². The van der Waals surface area contributed by atoms with Gasteiger partial charge in [0.2, 0.25) is 0 Å². The highest BCUT2D eigenvalue weighted by molar-refractivity contribution is 5.84. The predicted molar refractivity (Wildman–Crippen MR) is 148 cm³/mol.